The number of hydrogen-bond acceptors (Lipinski definition) is 3. The highest BCUT2D eigenvalue weighted by Crippen LogP contribution is 2.33. The maximum absolute atomic E-state index is 12.3. The molecule has 1 heterocycles. The number of aliphatic hydroxyl groups is 1. The number of carbonyl (C=O) groups excluding carboxylic acids is 2. The van der Waals surface area contributed by atoms with Gasteiger partial charge >= 0.3 is 11.8 Å². The topological polar surface area (TPSA) is 69.6 Å². The number of halogens is 1. The molecule has 5 nitrogen and oxygen atoms in total. The smallest absolute Gasteiger partial charge is 0.316 e. The number of carbonyl (C=O) groups is 2. The van der Waals surface area contributed by atoms with Gasteiger partial charge in [0.2, 0.25) is 0 Å². The van der Waals surface area contributed by atoms with E-state index in [1.54, 1.807) is 25.1 Å². The van der Waals surface area contributed by atoms with Crippen LogP contribution in [0.15, 0.2) is 18.2 Å². The highest BCUT2D eigenvalue weighted by Gasteiger charge is 2.30. The largest absolute Gasteiger partial charge is 0.393 e. The molecule has 2 N–H and O–H groups in total. The van der Waals surface area contributed by atoms with Crippen LogP contribution in [0.2, 0.25) is 5.02 Å². The summed E-state index contributed by atoms with van der Waals surface area (Å²) in [6, 6.07) is 5.36. The lowest BCUT2D eigenvalue weighted by molar-refractivity contribution is -0.137. The summed E-state index contributed by atoms with van der Waals surface area (Å²) in [5.41, 5.74) is 1.62. The number of benzene rings is 1. The summed E-state index contributed by atoms with van der Waals surface area (Å²) in [5.74, 6) is -1.08. The summed E-state index contributed by atoms with van der Waals surface area (Å²) in [6.45, 7) is 4.46. The van der Waals surface area contributed by atoms with Crippen LogP contribution in [0.4, 0.5) is 5.69 Å². The minimum Gasteiger partial charge on any atom is -0.393 e. The fraction of sp³-hybridized carbons (Fsp3) is 0.500. The van der Waals surface area contributed by atoms with Crippen molar-refractivity contribution >= 4 is 29.1 Å². The third kappa shape index (κ3) is 3.78. The molecule has 1 aliphatic rings. The molecule has 2 rings (SSSR count). The van der Waals surface area contributed by atoms with Crippen LogP contribution >= 0.6 is 11.6 Å². The Morgan fingerprint density at radius 3 is 2.82 bits per heavy atom. The molecule has 22 heavy (non-hydrogen) atoms. The van der Waals surface area contributed by atoms with Crippen LogP contribution in [-0.4, -0.2) is 36.1 Å². The molecule has 0 saturated heterocycles. The third-order valence-corrected chi connectivity index (χ3v) is 4.12. The molecule has 0 bridgehead atoms. The van der Waals surface area contributed by atoms with Crippen LogP contribution in [0, 0.1) is 5.92 Å². The van der Waals surface area contributed by atoms with E-state index >= 15 is 0 Å². The van der Waals surface area contributed by atoms with Gasteiger partial charge in [0, 0.05) is 23.8 Å². The van der Waals surface area contributed by atoms with E-state index in [4.69, 9.17) is 11.6 Å². The van der Waals surface area contributed by atoms with E-state index in [1.807, 2.05) is 6.92 Å². The molecule has 2 unspecified atom stereocenters. The highest BCUT2D eigenvalue weighted by atomic mass is 35.5. The summed E-state index contributed by atoms with van der Waals surface area (Å²) < 4.78 is 0. The Kier molecular flexibility index (Phi) is 5.42. The molecular formula is C16H21ClN2O3. The van der Waals surface area contributed by atoms with Gasteiger partial charge in [0.05, 0.1) is 6.10 Å². The van der Waals surface area contributed by atoms with Gasteiger partial charge in [-0.15, -0.1) is 0 Å². The number of amides is 2. The predicted octanol–water partition coefficient (Wildman–Crippen LogP) is 1.75. The van der Waals surface area contributed by atoms with Gasteiger partial charge in [-0.3, -0.25) is 9.59 Å². The fourth-order valence-corrected chi connectivity index (χ4v) is 3.00. The van der Waals surface area contributed by atoms with E-state index in [-0.39, 0.29) is 5.92 Å². The van der Waals surface area contributed by atoms with Crippen molar-refractivity contribution in [2.45, 2.75) is 32.8 Å². The monoisotopic (exact) mass is 324 g/mol. The Morgan fingerprint density at radius 1 is 1.41 bits per heavy atom. The summed E-state index contributed by atoms with van der Waals surface area (Å²) in [4.78, 5) is 25.8. The molecule has 0 radical (unpaired) electrons. The molecule has 0 aliphatic carbocycles. The molecule has 120 valence electrons. The molecule has 0 aromatic heterocycles. The van der Waals surface area contributed by atoms with Crippen LogP contribution in [0.3, 0.4) is 0 Å². The second-order valence-corrected chi connectivity index (χ2v) is 6.25. The van der Waals surface area contributed by atoms with E-state index in [0.717, 1.165) is 5.56 Å². The van der Waals surface area contributed by atoms with E-state index in [1.165, 1.54) is 4.90 Å². The predicted molar refractivity (Wildman–Crippen MR) is 86.0 cm³/mol. The highest BCUT2D eigenvalue weighted by molar-refractivity contribution is 6.41. The van der Waals surface area contributed by atoms with E-state index < -0.39 is 17.9 Å². The van der Waals surface area contributed by atoms with Gasteiger partial charge in [0.1, 0.15) is 0 Å². The van der Waals surface area contributed by atoms with Crippen molar-refractivity contribution < 1.29 is 14.7 Å². The second-order valence-electron chi connectivity index (χ2n) is 5.84. The lowest BCUT2D eigenvalue weighted by Crippen LogP contribution is -2.43. The molecule has 2 atom stereocenters. The van der Waals surface area contributed by atoms with Gasteiger partial charge in [-0.1, -0.05) is 24.6 Å². The number of nitrogens with zero attached hydrogens (tertiary/aromatic N) is 1. The lowest BCUT2D eigenvalue weighted by atomic mass is 10.0. The minimum atomic E-state index is -0.620. The number of rotatable bonds is 4. The Labute approximate surface area is 135 Å². The fourth-order valence-electron chi connectivity index (χ4n) is 2.73. The molecule has 1 aliphatic heterocycles. The van der Waals surface area contributed by atoms with Crippen LogP contribution in [0.1, 0.15) is 25.8 Å². The Bertz CT molecular complexity index is 575. The zero-order chi connectivity index (χ0) is 16.3. The Morgan fingerprint density at radius 2 is 2.14 bits per heavy atom. The van der Waals surface area contributed by atoms with Gasteiger partial charge in [0.15, 0.2) is 0 Å². The Hall–Kier alpha value is -1.59. The maximum atomic E-state index is 12.3. The molecule has 1 aromatic rings. The first-order valence-corrected chi connectivity index (χ1v) is 7.83. The van der Waals surface area contributed by atoms with Crippen LogP contribution in [0.5, 0.6) is 0 Å². The van der Waals surface area contributed by atoms with Crippen molar-refractivity contribution in [2.24, 2.45) is 5.92 Å². The minimum absolute atomic E-state index is 0.108. The standard InChI is InChI=1S/C16H21ClN2O3/c1-10(8-11(2)20)9-18-15(21)16(22)19-7-6-12-13(17)4-3-5-14(12)19/h3-5,10-11,20H,6-9H2,1-2H3,(H,18,21). The van der Waals surface area contributed by atoms with Crippen molar-refractivity contribution in [1.82, 2.24) is 5.32 Å². The van der Waals surface area contributed by atoms with Gasteiger partial charge in [-0.25, -0.2) is 0 Å². The van der Waals surface area contributed by atoms with Crippen LogP contribution in [0.25, 0.3) is 0 Å². The number of fused-ring (bicyclic) bond motifs is 1. The maximum Gasteiger partial charge on any atom is 0.316 e. The van der Waals surface area contributed by atoms with Gasteiger partial charge in [-0.05, 0) is 43.4 Å². The van der Waals surface area contributed by atoms with Crippen molar-refractivity contribution in [3.63, 3.8) is 0 Å². The van der Waals surface area contributed by atoms with Crippen LogP contribution in [-0.2, 0) is 16.0 Å². The van der Waals surface area contributed by atoms with Gasteiger partial charge in [0.25, 0.3) is 0 Å². The summed E-state index contributed by atoms with van der Waals surface area (Å²) in [6.07, 6.45) is 0.818. The van der Waals surface area contributed by atoms with Crippen molar-refractivity contribution in [1.29, 1.82) is 0 Å². The van der Waals surface area contributed by atoms with Gasteiger partial charge in [-0.2, -0.15) is 0 Å². The molecule has 6 heteroatoms. The number of aliphatic hydroxyl groups excluding tert-OH is 1. The SMILES string of the molecule is CC(O)CC(C)CNC(=O)C(=O)N1CCc2c(Cl)cccc21. The van der Waals surface area contributed by atoms with E-state index in [9.17, 15) is 14.7 Å². The number of hydrogen-bond donors (Lipinski definition) is 2. The van der Waals surface area contributed by atoms with Gasteiger partial charge < -0.3 is 15.3 Å². The molecule has 0 fully saturated rings. The molecule has 1 aromatic carbocycles. The van der Waals surface area contributed by atoms with Crippen molar-refractivity contribution in [3.05, 3.63) is 28.8 Å². The summed E-state index contributed by atoms with van der Waals surface area (Å²) in [5, 5.41) is 12.6. The average Bonchev–Trinajstić information content (AvgIpc) is 2.88. The number of anilines is 1. The molecule has 2 amide bonds. The normalized spacial score (nSPS) is 16.1. The third-order valence-electron chi connectivity index (χ3n) is 3.76. The van der Waals surface area contributed by atoms with Crippen LogP contribution < -0.4 is 10.2 Å². The quantitative estimate of drug-likeness (QED) is 0.829. The zero-order valence-electron chi connectivity index (χ0n) is 12.8. The van der Waals surface area contributed by atoms with E-state index in [2.05, 4.69) is 5.32 Å². The second kappa shape index (κ2) is 7.11. The average molecular weight is 325 g/mol. The first-order chi connectivity index (χ1) is 10.4. The van der Waals surface area contributed by atoms with E-state index in [0.29, 0.717) is 36.6 Å². The van der Waals surface area contributed by atoms with Crippen molar-refractivity contribution in [3.8, 4) is 0 Å². The lowest BCUT2D eigenvalue weighted by Gasteiger charge is -2.18. The molecule has 0 saturated carbocycles. The summed E-state index contributed by atoms with van der Waals surface area (Å²) >= 11 is 6.11. The molecule has 0 spiro atoms. The zero-order valence-corrected chi connectivity index (χ0v) is 13.6. The molecular weight excluding hydrogens is 304 g/mol. The van der Waals surface area contributed by atoms with Crippen molar-refractivity contribution in [2.75, 3.05) is 18.0 Å². The first kappa shape index (κ1) is 16.8. The summed E-state index contributed by atoms with van der Waals surface area (Å²) in [7, 11) is 0. The number of nitrogens with one attached hydrogen (secondary N) is 1. The Balaban J connectivity index is 1.96. The first-order valence-electron chi connectivity index (χ1n) is 7.45.